The molecule has 0 saturated heterocycles. The van der Waals surface area contributed by atoms with Crippen LogP contribution in [-0.4, -0.2) is 35.4 Å². The van der Waals surface area contributed by atoms with Crippen molar-refractivity contribution in [2.75, 3.05) is 6.61 Å². The van der Waals surface area contributed by atoms with Gasteiger partial charge in [0.2, 0.25) is 0 Å². The second-order valence-corrected chi connectivity index (χ2v) is 6.63. The Bertz CT molecular complexity index is 571. The number of ether oxygens (including phenoxy) is 2. The summed E-state index contributed by atoms with van der Waals surface area (Å²) >= 11 is 11.8. The lowest BCUT2D eigenvalue weighted by molar-refractivity contribution is -0.141. The van der Waals surface area contributed by atoms with Crippen LogP contribution in [0.1, 0.15) is 26.3 Å². The van der Waals surface area contributed by atoms with Crippen LogP contribution in [-0.2, 0) is 20.9 Å². The number of carbonyl (C=O) groups is 2. The number of aliphatic carboxylic acids is 1. The lowest BCUT2D eigenvalue weighted by atomic mass is 10.2. The highest BCUT2D eigenvalue weighted by Crippen LogP contribution is 2.21. The topological polar surface area (TPSA) is 84.9 Å². The van der Waals surface area contributed by atoms with Gasteiger partial charge in [0.25, 0.3) is 0 Å². The number of carbonyl (C=O) groups excluding carboxylic acids is 1. The largest absolute Gasteiger partial charge is 0.480 e. The summed E-state index contributed by atoms with van der Waals surface area (Å²) in [5.74, 6) is -1.23. The van der Waals surface area contributed by atoms with Gasteiger partial charge in [0.15, 0.2) is 6.04 Å². The van der Waals surface area contributed by atoms with E-state index in [9.17, 15) is 9.59 Å². The zero-order valence-electron chi connectivity index (χ0n) is 13.1. The lowest BCUT2D eigenvalue weighted by Crippen LogP contribution is -2.46. The standard InChI is InChI=1S/C15H19Cl2NO5/c1-15(2,3)23-14(21)18-12(13(19)20)8-22-7-9-6-10(16)4-5-11(9)17/h4-6,12H,7-8H2,1-3H3,(H,18,21)(H,19,20). The van der Waals surface area contributed by atoms with Gasteiger partial charge in [-0.15, -0.1) is 0 Å². The first kappa shape index (κ1) is 19.5. The lowest BCUT2D eigenvalue weighted by Gasteiger charge is -2.22. The van der Waals surface area contributed by atoms with Crippen LogP contribution < -0.4 is 5.32 Å². The van der Waals surface area contributed by atoms with Gasteiger partial charge in [-0.1, -0.05) is 23.2 Å². The molecule has 0 aliphatic carbocycles. The summed E-state index contributed by atoms with van der Waals surface area (Å²) < 4.78 is 10.3. The molecule has 1 aromatic rings. The number of hydrogen-bond donors (Lipinski definition) is 2. The van der Waals surface area contributed by atoms with Crippen molar-refractivity contribution in [1.82, 2.24) is 5.32 Å². The number of carboxylic acid groups (broad SMARTS) is 1. The van der Waals surface area contributed by atoms with Crippen LogP contribution in [0.3, 0.4) is 0 Å². The molecular formula is C15H19Cl2NO5. The second kappa shape index (κ2) is 8.38. The van der Waals surface area contributed by atoms with Gasteiger partial charge < -0.3 is 19.9 Å². The Morgan fingerprint density at radius 1 is 1.30 bits per heavy atom. The van der Waals surface area contributed by atoms with E-state index in [0.717, 1.165) is 0 Å². The number of alkyl carbamates (subject to hydrolysis) is 1. The minimum atomic E-state index is -1.23. The van der Waals surface area contributed by atoms with Gasteiger partial charge >= 0.3 is 12.1 Å². The van der Waals surface area contributed by atoms with Gasteiger partial charge in [-0.05, 0) is 44.5 Å². The molecule has 0 heterocycles. The molecule has 0 aliphatic rings. The maximum atomic E-state index is 11.6. The molecule has 1 rings (SSSR count). The fourth-order valence-corrected chi connectivity index (χ4v) is 1.93. The smallest absolute Gasteiger partial charge is 0.408 e. The number of halogens is 2. The molecule has 0 radical (unpaired) electrons. The normalized spacial score (nSPS) is 12.6. The average Bonchev–Trinajstić information content (AvgIpc) is 2.39. The van der Waals surface area contributed by atoms with Gasteiger partial charge in [-0.25, -0.2) is 9.59 Å². The van der Waals surface area contributed by atoms with E-state index in [1.807, 2.05) is 0 Å². The summed E-state index contributed by atoms with van der Waals surface area (Å²) in [7, 11) is 0. The summed E-state index contributed by atoms with van der Waals surface area (Å²) in [5.41, 5.74) is -0.0944. The Balaban J connectivity index is 2.55. The molecule has 2 N–H and O–H groups in total. The molecule has 0 aliphatic heterocycles. The molecule has 1 aromatic carbocycles. The number of rotatable bonds is 6. The fraction of sp³-hybridized carbons (Fsp3) is 0.467. The molecule has 8 heteroatoms. The van der Waals surface area contributed by atoms with Crippen molar-refractivity contribution >= 4 is 35.3 Å². The minimum absolute atomic E-state index is 0.0686. The van der Waals surface area contributed by atoms with Gasteiger partial charge in [-0.3, -0.25) is 0 Å². The second-order valence-electron chi connectivity index (χ2n) is 5.79. The number of hydrogen-bond acceptors (Lipinski definition) is 4. The molecule has 0 bridgehead atoms. The molecule has 23 heavy (non-hydrogen) atoms. The van der Waals surface area contributed by atoms with Crippen molar-refractivity contribution in [2.45, 2.75) is 39.0 Å². The molecule has 128 valence electrons. The Hall–Kier alpha value is -1.50. The molecule has 0 saturated carbocycles. The van der Waals surface area contributed by atoms with E-state index in [2.05, 4.69) is 5.32 Å². The third-order valence-corrected chi connectivity index (χ3v) is 3.14. The van der Waals surface area contributed by atoms with E-state index in [0.29, 0.717) is 15.6 Å². The Labute approximate surface area is 144 Å². The van der Waals surface area contributed by atoms with Crippen molar-refractivity contribution in [3.63, 3.8) is 0 Å². The Kier molecular flexibility index (Phi) is 7.12. The van der Waals surface area contributed by atoms with Crippen LogP contribution in [0.15, 0.2) is 18.2 Å². The van der Waals surface area contributed by atoms with Crippen LogP contribution in [0, 0.1) is 0 Å². The van der Waals surface area contributed by atoms with E-state index >= 15 is 0 Å². The van der Waals surface area contributed by atoms with Crippen LogP contribution in [0.2, 0.25) is 10.0 Å². The monoisotopic (exact) mass is 363 g/mol. The fourth-order valence-electron chi connectivity index (χ4n) is 1.57. The highest BCUT2D eigenvalue weighted by atomic mass is 35.5. The van der Waals surface area contributed by atoms with Gasteiger partial charge in [0.1, 0.15) is 5.60 Å². The third-order valence-electron chi connectivity index (χ3n) is 2.54. The average molecular weight is 364 g/mol. The van der Waals surface area contributed by atoms with Crippen molar-refractivity contribution < 1.29 is 24.2 Å². The van der Waals surface area contributed by atoms with E-state index in [-0.39, 0.29) is 13.2 Å². The third kappa shape index (κ3) is 7.54. The molecule has 1 atom stereocenters. The zero-order chi connectivity index (χ0) is 17.6. The summed E-state index contributed by atoms with van der Waals surface area (Å²) in [4.78, 5) is 22.8. The Morgan fingerprint density at radius 3 is 2.52 bits per heavy atom. The molecular weight excluding hydrogens is 345 g/mol. The SMILES string of the molecule is CC(C)(C)OC(=O)NC(COCc1cc(Cl)ccc1Cl)C(=O)O. The first-order valence-electron chi connectivity index (χ1n) is 6.82. The van der Waals surface area contributed by atoms with Gasteiger partial charge in [0, 0.05) is 10.0 Å². The van der Waals surface area contributed by atoms with Crippen LogP contribution >= 0.6 is 23.2 Å². The minimum Gasteiger partial charge on any atom is -0.480 e. The maximum Gasteiger partial charge on any atom is 0.408 e. The van der Waals surface area contributed by atoms with E-state index in [4.69, 9.17) is 37.8 Å². The number of benzene rings is 1. The first-order chi connectivity index (χ1) is 10.6. The zero-order valence-corrected chi connectivity index (χ0v) is 14.6. The van der Waals surface area contributed by atoms with E-state index in [1.54, 1.807) is 39.0 Å². The number of nitrogens with one attached hydrogen (secondary N) is 1. The molecule has 1 unspecified atom stereocenters. The number of amides is 1. The Morgan fingerprint density at radius 2 is 1.96 bits per heavy atom. The van der Waals surface area contributed by atoms with Crippen molar-refractivity contribution in [3.8, 4) is 0 Å². The van der Waals surface area contributed by atoms with Crippen LogP contribution in [0.5, 0.6) is 0 Å². The van der Waals surface area contributed by atoms with Crippen LogP contribution in [0.4, 0.5) is 4.79 Å². The van der Waals surface area contributed by atoms with Crippen molar-refractivity contribution in [3.05, 3.63) is 33.8 Å². The summed E-state index contributed by atoms with van der Waals surface area (Å²) in [5, 5.41) is 12.3. The van der Waals surface area contributed by atoms with Gasteiger partial charge in [0.05, 0.1) is 13.2 Å². The summed E-state index contributed by atoms with van der Waals surface area (Å²) in [6.07, 6.45) is -0.825. The van der Waals surface area contributed by atoms with Crippen LogP contribution in [0.25, 0.3) is 0 Å². The summed E-state index contributed by atoms with van der Waals surface area (Å²) in [6, 6.07) is 3.65. The van der Waals surface area contributed by atoms with Crippen molar-refractivity contribution in [2.24, 2.45) is 0 Å². The number of carboxylic acids is 1. The predicted molar refractivity (Wildman–Crippen MR) is 86.9 cm³/mol. The molecule has 0 spiro atoms. The highest BCUT2D eigenvalue weighted by molar-refractivity contribution is 6.33. The summed E-state index contributed by atoms with van der Waals surface area (Å²) in [6.45, 7) is 4.87. The van der Waals surface area contributed by atoms with E-state index in [1.165, 1.54) is 0 Å². The van der Waals surface area contributed by atoms with Gasteiger partial charge in [-0.2, -0.15) is 0 Å². The quantitative estimate of drug-likeness (QED) is 0.807. The molecule has 6 nitrogen and oxygen atoms in total. The highest BCUT2D eigenvalue weighted by Gasteiger charge is 2.24. The molecule has 0 fully saturated rings. The first-order valence-corrected chi connectivity index (χ1v) is 7.58. The molecule has 1 amide bonds. The molecule has 0 aromatic heterocycles. The maximum absolute atomic E-state index is 11.6. The predicted octanol–water partition coefficient (Wildman–Crippen LogP) is 3.49. The van der Waals surface area contributed by atoms with E-state index < -0.39 is 23.7 Å². The van der Waals surface area contributed by atoms with Crippen molar-refractivity contribution in [1.29, 1.82) is 0 Å².